The average molecular weight is 923 g/mol. The van der Waals surface area contributed by atoms with Gasteiger partial charge in [-0.2, -0.15) is 0 Å². The Morgan fingerprint density at radius 2 is 0.597 bits per heavy atom. The van der Waals surface area contributed by atoms with E-state index < -0.39 is 6.10 Å². The molecule has 6 heteroatoms. The highest BCUT2D eigenvalue weighted by Crippen LogP contribution is 2.13. The maximum atomic E-state index is 12.8. The van der Waals surface area contributed by atoms with Crippen LogP contribution in [0, 0.1) is 0 Å². The third-order valence-electron chi connectivity index (χ3n) is 10.6. The lowest BCUT2D eigenvalue weighted by Crippen LogP contribution is -2.30. The van der Waals surface area contributed by atoms with Crippen LogP contribution in [0.5, 0.6) is 0 Å². The van der Waals surface area contributed by atoms with Gasteiger partial charge >= 0.3 is 17.9 Å². The highest BCUT2D eigenvalue weighted by atomic mass is 16.6. The smallest absolute Gasteiger partial charge is 0.306 e. The molecule has 0 radical (unpaired) electrons. The lowest BCUT2D eigenvalue weighted by Gasteiger charge is -2.18. The predicted octanol–water partition coefficient (Wildman–Crippen LogP) is 17.6. The molecule has 67 heavy (non-hydrogen) atoms. The molecule has 0 aliphatic heterocycles. The summed E-state index contributed by atoms with van der Waals surface area (Å²) in [6.45, 7) is 6.25. The van der Waals surface area contributed by atoms with Gasteiger partial charge in [0.1, 0.15) is 13.2 Å². The van der Waals surface area contributed by atoms with E-state index in [0.29, 0.717) is 25.7 Å². The topological polar surface area (TPSA) is 78.9 Å². The third kappa shape index (κ3) is 52.1. The van der Waals surface area contributed by atoms with Crippen molar-refractivity contribution < 1.29 is 28.6 Å². The Morgan fingerprint density at radius 3 is 0.970 bits per heavy atom. The summed E-state index contributed by atoms with van der Waals surface area (Å²) in [5.74, 6) is -1.02. The number of hydrogen-bond donors (Lipinski definition) is 0. The molecule has 0 heterocycles. The number of carbonyl (C=O) groups is 3. The summed E-state index contributed by atoms with van der Waals surface area (Å²) in [6.07, 6.45) is 76.8. The van der Waals surface area contributed by atoms with Gasteiger partial charge in [-0.3, -0.25) is 14.4 Å². The average Bonchev–Trinajstić information content (AvgIpc) is 3.33. The van der Waals surface area contributed by atoms with Crippen LogP contribution < -0.4 is 0 Å². The minimum atomic E-state index is -0.822. The maximum absolute atomic E-state index is 12.8. The highest BCUT2D eigenvalue weighted by Gasteiger charge is 2.19. The Morgan fingerprint density at radius 1 is 0.313 bits per heavy atom. The molecule has 0 aromatic heterocycles. The molecule has 1 unspecified atom stereocenters. The maximum Gasteiger partial charge on any atom is 0.306 e. The molecule has 0 aromatic rings. The van der Waals surface area contributed by atoms with Crippen LogP contribution in [0.3, 0.4) is 0 Å². The van der Waals surface area contributed by atoms with Crippen molar-refractivity contribution in [1.82, 2.24) is 0 Å². The van der Waals surface area contributed by atoms with Crippen molar-refractivity contribution in [2.24, 2.45) is 0 Å². The molecular formula is C61H94O6. The Bertz CT molecular complexity index is 1530. The summed E-state index contributed by atoms with van der Waals surface area (Å²) in [7, 11) is 0. The lowest BCUT2D eigenvalue weighted by atomic mass is 10.1. The minimum absolute atomic E-state index is 0.121. The molecule has 6 nitrogen and oxygen atoms in total. The standard InChI is InChI=1S/C61H94O6/c1-4-7-10-13-16-19-22-25-27-29-30-32-33-36-39-42-45-48-51-54-60(63)66-57-58(56-65-59(62)53-50-47-44-41-38-35-24-21-18-15-12-9-6-3)67-61(64)55-52-49-46-43-40-37-34-31-28-26-23-20-17-14-11-8-5-2/h7,9-10,12-13,15-16,18-19,21-22,24-30,32-33,35-36,38-39,58H,4-6,8,11,14,17,20,23,31,34,37,40-57H2,1-3H3/b10-7+,12-9+,16-13+,18-15+,22-19+,24-21+,27-25+,28-26+,30-29+,33-32+,38-35+,39-36+. The van der Waals surface area contributed by atoms with Gasteiger partial charge in [0, 0.05) is 19.3 Å². The largest absolute Gasteiger partial charge is 0.462 e. The molecule has 0 N–H and O–H groups in total. The zero-order chi connectivity index (χ0) is 48.6. The first-order chi connectivity index (χ1) is 33.0. The Hall–Kier alpha value is -4.71. The fraction of sp³-hybridized carbons (Fsp3) is 0.557. The number of allylic oxidation sites excluding steroid dienone is 24. The van der Waals surface area contributed by atoms with Gasteiger partial charge in [-0.05, 0) is 83.5 Å². The van der Waals surface area contributed by atoms with Crippen molar-refractivity contribution >= 4 is 17.9 Å². The number of hydrogen-bond acceptors (Lipinski definition) is 6. The van der Waals surface area contributed by atoms with E-state index in [9.17, 15) is 14.4 Å². The molecule has 374 valence electrons. The van der Waals surface area contributed by atoms with Crippen LogP contribution >= 0.6 is 0 Å². The molecule has 0 saturated heterocycles. The van der Waals surface area contributed by atoms with Crippen LogP contribution in [0.1, 0.15) is 201 Å². The molecule has 0 spiro atoms. The second-order valence-electron chi connectivity index (χ2n) is 16.9. The van der Waals surface area contributed by atoms with E-state index in [2.05, 4.69) is 57.2 Å². The molecule has 0 saturated carbocycles. The molecule has 0 aliphatic rings. The molecular weight excluding hydrogens is 829 g/mol. The number of unbranched alkanes of at least 4 members (excludes halogenated alkanes) is 19. The molecule has 0 amide bonds. The molecule has 0 aromatic carbocycles. The van der Waals surface area contributed by atoms with Gasteiger partial charge in [-0.1, -0.05) is 244 Å². The van der Waals surface area contributed by atoms with Crippen LogP contribution in [0.2, 0.25) is 0 Å². The summed E-state index contributed by atoms with van der Waals surface area (Å²) in [5, 5.41) is 0. The molecule has 0 rings (SSSR count). The summed E-state index contributed by atoms with van der Waals surface area (Å²) >= 11 is 0. The van der Waals surface area contributed by atoms with Crippen molar-refractivity contribution in [1.29, 1.82) is 0 Å². The highest BCUT2D eigenvalue weighted by molar-refractivity contribution is 5.71. The Kier molecular flexibility index (Phi) is 50.1. The summed E-state index contributed by atoms with van der Waals surface area (Å²) in [4.78, 5) is 38.0. The quantitative estimate of drug-likeness (QED) is 0.0199. The minimum Gasteiger partial charge on any atom is -0.462 e. The second kappa shape index (κ2) is 53.9. The summed E-state index contributed by atoms with van der Waals surface area (Å²) < 4.78 is 16.7. The lowest BCUT2D eigenvalue weighted by molar-refractivity contribution is -0.167. The van der Waals surface area contributed by atoms with E-state index in [0.717, 1.165) is 77.0 Å². The van der Waals surface area contributed by atoms with Gasteiger partial charge in [-0.15, -0.1) is 0 Å². The van der Waals surface area contributed by atoms with Gasteiger partial charge in [-0.25, -0.2) is 0 Å². The van der Waals surface area contributed by atoms with Gasteiger partial charge < -0.3 is 14.2 Å². The second-order valence-corrected chi connectivity index (χ2v) is 16.9. The molecule has 0 aliphatic carbocycles. The van der Waals surface area contributed by atoms with Gasteiger partial charge in [0.15, 0.2) is 6.10 Å². The molecule has 0 bridgehead atoms. The first-order valence-electron chi connectivity index (χ1n) is 26.5. The fourth-order valence-corrected chi connectivity index (χ4v) is 6.66. The van der Waals surface area contributed by atoms with Crippen molar-refractivity contribution in [2.75, 3.05) is 13.2 Å². The van der Waals surface area contributed by atoms with Gasteiger partial charge in [0.25, 0.3) is 0 Å². The summed E-state index contributed by atoms with van der Waals surface area (Å²) in [5.41, 5.74) is 0. The van der Waals surface area contributed by atoms with Crippen LogP contribution in [0.15, 0.2) is 146 Å². The van der Waals surface area contributed by atoms with E-state index in [1.807, 2.05) is 109 Å². The number of rotatable bonds is 45. The molecule has 0 fully saturated rings. The first-order valence-corrected chi connectivity index (χ1v) is 26.5. The van der Waals surface area contributed by atoms with Crippen LogP contribution in [0.4, 0.5) is 0 Å². The molecule has 1 atom stereocenters. The van der Waals surface area contributed by atoms with Crippen LogP contribution in [-0.2, 0) is 28.6 Å². The normalized spacial score (nSPS) is 13.3. The predicted molar refractivity (Wildman–Crippen MR) is 288 cm³/mol. The van der Waals surface area contributed by atoms with E-state index in [-0.39, 0.29) is 31.1 Å². The number of esters is 3. The van der Waals surface area contributed by atoms with E-state index in [1.54, 1.807) is 0 Å². The van der Waals surface area contributed by atoms with Gasteiger partial charge in [0.05, 0.1) is 0 Å². The van der Waals surface area contributed by atoms with E-state index >= 15 is 0 Å². The van der Waals surface area contributed by atoms with Crippen molar-refractivity contribution in [3.63, 3.8) is 0 Å². The van der Waals surface area contributed by atoms with Crippen molar-refractivity contribution in [2.45, 2.75) is 207 Å². The number of carbonyl (C=O) groups excluding carboxylic acids is 3. The summed E-state index contributed by atoms with van der Waals surface area (Å²) in [6, 6.07) is 0. The fourth-order valence-electron chi connectivity index (χ4n) is 6.66. The van der Waals surface area contributed by atoms with E-state index in [1.165, 1.54) is 77.0 Å². The first kappa shape index (κ1) is 62.3. The third-order valence-corrected chi connectivity index (χ3v) is 10.6. The SMILES string of the molecule is CC/C=C/C=C/C=C/C=C/C=C/C=C/C=C/CCCCCC(=O)OCC(COC(=O)CCCCC/C=C/C=C/C=C/C=C/CC)OC(=O)CCCCCCCCC/C=C/CCCCCCCC. The Labute approximate surface area is 410 Å². The van der Waals surface area contributed by atoms with Crippen LogP contribution in [0.25, 0.3) is 0 Å². The monoisotopic (exact) mass is 923 g/mol. The number of ether oxygens (including phenoxy) is 3. The zero-order valence-corrected chi connectivity index (χ0v) is 42.6. The van der Waals surface area contributed by atoms with Crippen molar-refractivity contribution in [3.8, 4) is 0 Å². The van der Waals surface area contributed by atoms with Crippen molar-refractivity contribution in [3.05, 3.63) is 146 Å². The Balaban J connectivity index is 4.57. The van der Waals surface area contributed by atoms with E-state index in [4.69, 9.17) is 14.2 Å². The van der Waals surface area contributed by atoms with Crippen LogP contribution in [-0.4, -0.2) is 37.2 Å². The zero-order valence-electron chi connectivity index (χ0n) is 42.6. The van der Waals surface area contributed by atoms with Gasteiger partial charge in [0.2, 0.25) is 0 Å².